The smallest absolute Gasteiger partial charge is 0.241 e. The van der Waals surface area contributed by atoms with Crippen LogP contribution in [0.4, 0.5) is 5.95 Å². The third-order valence-corrected chi connectivity index (χ3v) is 2.52. The summed E-state index contributed by atoms with van der Waals surface area (Å²) in [5.41, 5.74) is 6.30. The van der Waals surface area contributed by atoms with Gasteiger partial charge >= 0.3 is 0 Å². The highest BCUT2D eigenvalue weighted by molar-refractivity contribution is 5.62. The van der Waals surface area contributed by atoms with Gasteiger partial charge in [0.1, 0.15) is 13.2 Å². The lowest BCUT2D eigenvalue weighted by Gasteiger charge is -2.18. The third kappa shape index (κ3) is 1.52. The molecule has 4 N–H and O–H groups in total. The van der Waals surface area contributed by atoms with Gasteiger partial charge in [-0.15, -0.1) is 10.2 Å². The molecule has 0 spiro atoms. The summed E-state index contributed by atoms with van der Waals surface area (Å²) >= 11 is 0. The zero-order valence-corrected chi connectivity index (χ0v) is 8.96. The number of hydrogen-bond acceptors (Lipinski definition) is 6. The van der Waals surface area contributed by atoms with Crippen LogP contribution in [0.25, 0.3) is 11.4 Å². The van der Waals surface area contributed by atoms with E-state index in [2.05, 4.69) is 10.2 Å². The molecule has 1 aromatic carbocycles. The SMILES string of the molecule is Nc1nnc(-c2ccc3c(c2)OCCO3)n1N. The van der Waals surface area contributed by atoms with Crippen LogP contribution in [0, 0.1) is 0 Å². The fraction of sp³-hybridized carbons (Fsp3) is 0.200. The summed E-state index contributed by atoms with van der Waals surface area (Å²) in [7, 11) is 0. The summed E-state index contributed by atoms with van der Waals surface area (Å²) in [5.74, 6) is 7.75. The largest absolute Gasteiger partial charge is 0.486 e. The molecular weight excluding hydrogens is 222 g/mol. The number of rotatable bonds is 1. The van der Waals surface area contributed by atoms with Crippen LogP contribution in [-0.4, -0.2) is 28.1 Å². The first-order valence-corrected chi connectivity index (χ1v) is 5.11. The Kier molecular flexibility index (Phi) is 2.04. The van der Waals surface area contributed by atoms with Gasteiger partial charge < -0.3 is 21.1 Å². The lowest BCUT2D eigenvalue weighted by Crippen LogP contribution is -2.16. The maximum Gasteiger partial charge on any atom is 0.241 e. The quantitative estimate of drug-likeness (QED) is 0.673. The van der Waals surface area contributed by atoms with Gasteiger partial charge in [-0.2, -0.15) is 0 Å². The summed E-state index contributed by atoms with van der Waals surface area (Å²) < 4.78 is 12.1. The van der Waals surface area contributed by atoms with E-state index in [-0.39, 0.29) is 5.95 Å². The van der Waals surface area contributed by atoms with Gasteiger partial charge in [0.25, 0.3) is 0 Å². The Labute approximate surface area is 96.9 Å². The van der Waals surface area contributed by atoms with Crippen LogP contribution in [0.15, 0.2) is 18.2 Å². The van der Waals surface area contributed by atoms with Crippen LogP contribution in [0.1, 0.15) is 0 Å². The predicted octanol–water partition coefficient (Wildman–Crippen LogP) is 0.0123. The standard InChI is InChI=1S/C10H11N5O2/c11-10-14-13-9(15(10)12)6-1-2-7-8(5-6)17-4-3-16-7/h1-2,5H,3-4,12H2,(H2,11,14). The summed E-state index contributed by atoms with van der Waals surface area (Å²) in [6.45, 7) is 1.10. The Morgan fingerprint density at radius 1 is 1.12 bits per heavy atom. The molecule has 88 valence electrons. The average Bonchev–Trinajstić information content (AvgIpc) is 2.70. The normalized spacial score (nSPS) is 13.6. The Bertz CT molecular complexity index is 566. The minimum atomic E-state index is 0.162. The first-order valence-electron chi connectivity index (χ1n) is 5.11. The van der Waals surface area contributed by atoms with Crippen molar-refractivity contribution in [1.82, 2.24) is 14.9 Å². The van der Waals surface area contributed by atoms with Crippen LogP contribution in [0.3, 0.4) is 0 Å². The van der Waals surface area contributed by atoms with Gasteiger partial charge in [-0.25, -0.2) is 4.68 Å². The molecule has 2 heterocycles. The average molecular weight is 233 g/mol. The van der Waals surface area contributed by atoms with Crippen LogP contribution >= 0.6 is 0 Å². The molecule has 0 radical (unpaired) electrons. The van der Waals surface area contributed by atoms with Crippen LogP contribution in [0.5, 0.6) is 11.5 Å². The maximum atomic E-state index is 5.71. The molecule has 0 saturated carbocycles. The summed E-state index contributed by atoms with van der Waals surface area (Å²) in [4.78, 5) is 0. The summed E-state index contributed by atoms with van der Waals surface area (Å²) in [6.07, 6.45) is 0. The highest BCUT2D eigenvalue weighted by atomic mass is 16.6. The van der Waals surface area contributed by atoms with Gasteiger partial charge in [-0.05, 0) is 18.2 Å². The predicted molar refractivity (Wildman–Crippen MR) is 61.0 cm³/mol. The molecule has 1 aliphatic heterocycles. The molecule has 2 aromatic rings. The minimum Gasteiger partial charge on any atom is -0.486 e. The Hall–Kier alpha value is -2.44. The second kappa shape index (κ2) is 3.55. The molecule has 17 heavy (non-hydrogen) atoms. The van der Waals surface area contributed by atoms with E-state index in [1.165, 1.54) is 4.68 Å². The van der Waals surface area contributed by atoms with Gasteiger partial charge in [-0.3, -0.25) is 0 Å². The van der Waals surface area contributed by atoms with Crippen molar-refractivity contribution in [2.45, 2.75) is 0 Å². The van der Waals surface area contributed by atoms with Crippen LogP contribution in [-0.2, 0) is 0 Å². The molecule has 0 amide bonds. The number of nitrogen functional groups attached to an aromatic ring is 2. The molecule has 1 aliphatic rings. The molecule has 0 fully saturated rings. The van der Waals surface area contributed by atoms with Gasteiger partial charge in [0.05, 0.1) is 0 Å². The number of aromatic nitrogens is 3. The van der Waals surface area contributed by atoms with E-state index >= 15 is 0 Å². The van der Waals surface area contributed by atoms with Crippen molar-refractivity contribution in [3.63, 3.8) is 0 Å². The minimum absolute atomic E-state index is 0.162. The van der Waals surface area contributed by atoms with E-state index < -0.39 is 0 Å². The summed E-state index contributed by atoms with van der Waals surface area (Å²) in [6, 6.07) is 5.45. The molecule has 0 saturated heterocycles. The number of nitrogens with zero attached hydrogens (tertiary/aromatic N) is 3. The lowest BCUT2D eigenvalue weighted by molar-refractivity contribution is 0.171. The molecule has 0 aliphatic carbocycles. The van der Waals surface area contributed by atoms with Gasteiger partial charge in [0, 0.05) is 5.56 Å². The molecule has 0 bridgehead atoms. The van der Waals surface area contributed by atoms with E-state index in [1.807, 2.05) is 12.1 Å². The monoisotopic (exact) mass is 233 g/mol. The van der Waals surface area contributed by atoms with E-state index in [1.54, 1.807) is 6.07 Å². The van der Waals surface area contributed by atoms with Gasteiger partial charge in [0.2, 0.25) is 5.95 Å². The molecule has 3 rings (SSSR count). The lowest BCUT2D eigenvalue weighted by atomic mass is 10.2. The number of hydrogen-bond donors (Lipinski definition) is 2. The molecule has 7 heteroatoms. The fourth-order valence-corrected chi connectivity index (χ4v) is 1.68. The van der Waals surface area contributed by atoms with E-state index in [0.717, 1.165) is 11.3 Å². The number of benzene rings is 1. The van der Waals surface area contributed by atoms with E-state index in [0.29, 0.717) is 24.8 Å². The molecule has 0 atom stereocenters. The van der Waals surface area contributed by atoms with Crippen LogP contribution < -0.4 is 21.1 Å². The second-order valence-electron chi connectivity index (χ2n) is 3.61. The topological polar surface area (TPSA) is 101 Å². The molecule has 1 aromatic heterocycles. The molecular formula is C10H11N5O2. The first-order chi connectivity index (χ1) is 8.25. The van der Waals surface area contributed by atoms with Crippen molar-refractivity contribution < 1.29 is 9.47 Å². The molecule has 0 unspecified atom stereocenters. The Balaban J connectivity index is 2.07. The highest BCUT2D eigenvalue weighted by Gasteiger charge is 2.15. The zero-order valence-electron chi connectivity index (χ0n) is 8.96. The zero-order chi connectivity index (χ0) is 11.8. The molecule has 7 nitrogen and oxygen atoms in total. The van der Waals surface area contributed by atoms with Gasteiger partial charge in [-0.1, -0.05) is 0 Å². The highest BCUT2D eigenvalue weighted by Crippen LogP contribution is 2.33. The third-order valence-electron chi connectivity index (χ3n) is 2.52. The second-order valence-corrected chi connectivity index (χ2v) is 3.61. The summed E-state index contributed by atoms with van der Waals surface area (Å²) in [5, 5.41) is 7.60. The number of nitrogens with two attached hydrogens (primary N) is 2. The van der Waals surface area contributed by atoms with Gasteiger partial charge in [0.15, 0.2) is 17.3 Å². The van der Waals surface area contributed by atoms with Crippen molar-refractivity contribution >= 4 is 5.95 Å². The Morgan fingerprint density at radius 2 is 1.88 bits per heavy atom. The van der Waals surface area contributed by atoms with Crippen LogP contribution in [0.2, 0.25) is 0 Å². The van der Waals surface area contributed by atoms with Crippen molar-refractivity contribution in [2.24, 2.45) is 0 Å². The van der Waals surface area contributed by atoms with Crippen molar-refractivity contribution in [1.29, 1.82) is 0 Å². The number of fused-ring (bicyclic) bond motifs is 1. The van der Waals surface area contributed by atoms with E-state index in [4.69, 9.17) is 21.1 Å². The van der Waals surface area contributed by atoms with Crippen molar-refractivity contribution in [3.05, 3.63) is 18.2 Å². The van der Waals surface area contributed by atoms with Crippen molar-refractivity contribution in [3.8, 4) is 22.9 Å². The maximum absolute atomic E-state index is 5.71. The van der Waals surface area contributed by atoms with Crippen molar-refractivity contribution in [2.75, 3.05) is 24.8 Å². The Morgan fingerprint density at radius 3 is 2.59 bits per heavy atom. The van der Waals surface area contributed by atoms with E-state index in [9.17, 15) is 0 Å². The number of anilines is 1. The number of ether oxygens (including phenoxy) is 2. The first kappa shape index (κ1) is 9.76. The fourth-order valence-electron chi connectivity index (χ4n) is 1.68.